The SMILES string of the molecule is CNCCCNC(=O)Nc1cc(Cl)ccc1C(=O)O. The minimum Gasteiger partial charge on any atom is -0.478 e. The Morgan fingerprint density at radius 1 is 1.32 bits per heavy atom. The van der Waals surface area contributed by atoms with Crippen LogP contribution >= 0.6 is 11.6 Å². The maximum Gasteiger partial charge on any atom is 0.337 e. The first kappa shape index (κ1) is 15.3. The van der Waals surface area contributed by atoms with Gasteiger partial charge in [0.25, 0.3) is 0 Å². The van der Waals surface area contributed by atoms with Crippen LogP contribution in [0.5, 0.6) is 0 Å². The number of hydrogen-bond donors (Lipinski definition) is 4. The standard InChI is InChI=1S/C12H16ClN3O3/c1-14-5-2-6-15-12(19)16-10-7-8(13)3-4-9(10)11(17)18/h3-4,7,14H,2,5-6H2,1H3,(H,17,18)(H2,15,16,19). The van der Waals surface area contributed by atoms with Crippen LogP contribution in [0.3, 0.4) is 0 Å². The van der Waals surface area contributed by atoms with Gasteiger partial charge in [0.1, 0.15) is 0 Å². The van der Waals surface area contributed by atoms with Crippen molar-refractivity contribution >= 4 is 29.3 Å². The minimum atomic E-state index is -1.12. The Hall–Kier alpha value is -1.79. The maximum absolute atomic E-state index is 11.6. The Morgan fingerprint density at radius 3 is 2.68 bits per heavy atom. The Bertz CT molecular complexity index is 466. The topological polar surface area (TPSA) is 90.5 Å². The highest BCUT2D eigenvalue weighted by atomic mass is 35.5. The van der Waals surface area contributed by atoms with Gasteiger partial charge in [-0.3, -0.25) is 0 Å². The number of carboxylic acids is 1. The van der Waals surface area contributed by atoms with Gasteiger partial charge >= 0.3 is 12.0 Å². The number of carboxylic acid groups (broad SMARTS) is 1. The molecule has 0 saturated carbocycles. The molecular weight excluding hydrogens is 270 g/mol. The second-order valence-corrected chi connectivity index (χ2v) is 4.27. The van der Waals surface area contributed by atoms with Gasteiger partial charge in [0.05, 0.1) is 11.3 Å². The number of benzene rings is 1. The molecule has 1 aromatic rings. The lowest BCUT2D eigenvalue weighted by Crippen LogP contribution is -2.31. The number of nitrogens with one attached hydrogen (secondary N) is 3. The molecule has 2 amide bonds. The minimum absolute atomic E-state index is 0.00484. The summed E-state index contributed by atoms with van der Waals surface area (Å²) in [4.78, 5) is 22.6. The number of hydrogen-bond acceptors (Lipinski definition) is 3. The van der Waals surface area contributed by atoms with Crippen LogP contribution in [0.1, 0.15) is 16.8 Å². The summed E-state index contributed by atoms with van der Waals surface area (Å²) in [6.07, 6.45) is 0.783. The van der Waals surface area contributed by atoms with Gasteiger partial charge in [0.15, 0.2) is 0 Å². The van der Waals surface area contributed by atoms with Crippen LogP contribution in [0, 0.1) is 0 Å². The highest BCUT2D eigenvalue weighted by Crippen LogP contribution is 2.21. The molecule has 0 radical (unpaired) electrons. The van der Waals surface area contributed by atoms with Crippen molar-refractivity contribution in [2.75, 3.05) is 25.5 Å². The largest absolute Gasteiger partial charge is 0.478 e. The van der Waals surface area contributed by atoms with Crippen molar-refractivity contribution in [1.82, 2.24) is 10.6 Å². The molecule has 0 spiro atoms. The predicted octanol–water partition coefficient (Wildman–Crippen LogP) is 1.77. The van der Waals surface area contributed by atoms with E-state index in [1.54, 1.807) is 0 Å². The Morgan fingerprint density at radius 2 is 2.05 bits per heavy atom. The average molecular weight is 286 g/mol. The van der Waals surface area contributed by atoms with E-state index in [9.17, 15) is 9.59 Å². The summed E-state index contributed by atoms with van der Waals surface area (Å²) in [6, 6.07) is 3.75. The van der Waals surface area contributed by atoms with Crippen molar-refractivity contribution in [3.63, 3.8) is 0 Å². The molecule has 0 atom stereocenters. The number of carbonyl (C=O) groups is 2. The molecule has 0 aliphatic heterocycles. The third-order valence-corrected chi connectivity index (χ3v) is 2.58. The summed E-state index contributed by atoms with van der Waals surface area (Å²) in [6.45, 7) is 1.29. The van der Waals surface area contributed by atoms with E-state index in [-0.39, 0.29) is 11.3 Å². The zero-order valence-corrected chi connectivity index (χ0v) is 11.3. The van der Waals surface area contributed by atoms with Crippen molar-refractivity contribution in [3.05, 3.63) is 28.8 Å². The normalized spacial score (nSPS) is 10.0. The van der Waals surface area contributed by atoms with Crippen molar-refractivity contribution in [1.29, 1.82) is 0 Å². The van der Waals surface area contributed by atoms with Gasteiger partial charge < -0.3 is 21.1 Å². The number of rotatable bonds is 6. The lowest BCUT2D eigenvalue weighted by atomic mass is 10.2. The first-order chi connectivity index (χ1) is 9.04. The van der Waals surface area contributed by atoms with Crippen LogP contribution in [0.15, 0.2) is 18.2 Å². The second kappa shape index (κ2) is 7.60. The Labute approximate surface area is 116 Å². The average Bonchev–Trinajstić information content (AvgIpc) is 2.34. The number of anilines is 1. The first-order valence-corrected chi connectivity index (χ1v) is 6.14. The summed E-state index contributed by atoms with van der Waals surface area (Å²) >= 11 is 5.78. The quantitative estimate of drug-likeness (QED) is 0.600. The fraction of sp³-hybridized carbons (Fsp3) is 0.333. The second-order valence-electron chi connectivity index (χ2n) is 3.83. The van der Waals surface area contributed by atoms with E-state index in [1.807, 2.05) is 7.05 Å². The molecule has 7 heteroatoms. The van der Waals surface area contributed by atoms with E-state index in [4.69, 9.17) is 16.7 Å². The van der Waals surface area contributed by atoms with E-state index in [2.05, 4.69) is 16.0 Å². The van der Waals surface area contributed by atoms with E-state index in [0.29, 0.717) is 11.6 Å². The number of aromatic carboxylic acids is 1. The molecule has 0 aliphatic rings. The van der Waals surface area contributed by atoms with Gasteiger partial charge in [-0.05, 0) is 38.2 Å². The van der Waals surface area contributed by atoms with Crippen molar-refractivity contribution in [3.8, 4) is 0 Å². The molecule has 104 valence electrons. The van der Waals surface area contributed by atoms with Gasteiger partial charge in [-0.1, -0.05) is 11.6 Å². The fourth-order valence-corrected chi connectivity index (χ4v) is 1.61. The van der Waals surface area contributed by atoms with Crippen molar-refractivity contribution < 1.29 is 14.7 Å². The molecule has 0 fully saturated rings. The highest BCUT2D eigenvalue weighted by Gasteiger charge is 2.12. The first-order valence-electron chi connectivity index (χ1n) is 5.77. The van der Waals surface area contributed by atoms with Crippen molar-refractivity contribution in [2.24, 2.45) is 0 Å². The van der Waals surface area contributed by atoms with Crippen LogP contribution in [-0.4, -0.2) is 37.2 Å². The molecule has 0 unspecified atom stereocenters. The van der Waals surface area contributed by atoms with Crippen LogP contribution < -0.4 is 16.0 Å². The third-order valence-electron chi connectivity index (χ3n) is 2.35. The molecule has 0 aliphatic carbocycles. The molecule has 0 bridgehead atoms. The number of urea groups is 1. The summed E-state index contributed by atoms with van der Waals surface area (Å²) in [7, 11) is 1.82. The molecule has 4 N–H and O–H groups in total. The lowest BCUT2D eigenvalue weighted by molar-refractivity contribution is 0.0698. The Balaban J connectivity index is 2.62. The molecule has 0 heterocycles. The van der Waals surface area contributed by atoms with Crippen molar-refractivity contribution in [2.45, 2.75) is 6.42 Å². The smallest absolute Gasteiger partial charge is 0.337 e. The molecule has 1 aromatic carbocycles. The predicted molar refractivity (Wildman–Crippen MR) is 74.0 cm³/mol. The van der Waals surface area contributed by atoms with Crippen LogP contribution in [0.2, 0.25) is 5.02 Å². The van der Waals surface area contributed by atoms with Crippen LogP contribution in [0.4, 0.5) is 10.5 Å². The summed E-state index contributed by atoms with van der Waals surface area (Å²) in [5, 5.41) is 17.4. The maximum atomic E-state index is 11.6. The van der Waals surface area contributed by atoms with E-state index >= 15 is 0 Å². The fourth-order valence-electron chi connectivity index (χ4n) is 1.44. The monoisotopic (exact) mass is 285 g/mol. The number of carbonyl (C=O) groups excluding carboxylic acids is 1. The number of halogens is 1. The zero-order chi connectivity index (χ0) is 14.3. The van der Waals surface area contributed by atoms with E-state index in [1.165, 1.54) is 18.2 Å². The van der Waals surface area contributed by atoms with Gasteiger partial charge in [-0.2, -0.15) is 0 Å². The summed E-state index contributed by atoms with van der Waals surface area (Å²) in [5.74, 6) is -1.12. The molecule has 19 heavy (non-hydrogen) atoms. The zero-order valence-electron chi connectivity index (χ0n) is 10.5. The Kier molecular flexibility index (Phi) is 6.11. The van der Waals surface area contributed by atoms with Gasteiger partial charge in [-0.25, -0.2) is 9.59 Å². The summed E-state index contributed by atoms with van der Waals surface area (Å²) < 4.78 is 0. The summed E-state index contributed by atoms with van der Waals surface area (Å²) in [5.41, 5.74) is 0.167. The van der Waals surface area contributed by atoms with Gasteiger partial charge in [0.2, 0.25) is 0 Å². The number of amides is 2. The molecule has 6 nitrogen and oxygen atoms in total. The van der Waals surface area contributed by atoms with Gasteiger partial charge in [-0.15, -0.1) is 0 Å². The highest BCUT2D eigenvalue weighted by molar-refractivity contribution is 6.31. The molecule has 0 saturated heterocycles. The van der Waals surface area contributed by atoms with Crippen LogP contribution in [0.25, 0.3) is 0 Å². The molecule has 0 aromatic heterocycles. The van der Waals surface area contributed by atoms with E-state index < -0.39 is 12.0 Å². The lowest BCUT2D eigenvalue weighted by Gasteiger charge is -2.10. The van der Waals surface area contributed by atoms with Gasteiger partial charge in [0, 0.05) is 11.6 Å². The third kappa shape index (κ3) is 5.15. The molecule has 1 rings (SSSR count). The van der Waals surface area contributed by atoms with Crippen LogP contribution in [-0.2, 0) is 0 Å². The van der Waals surface area contributed by atoms with E-state index in [0.717, 1.165) is 13.0 Å². The molecular formula is C12H16ClN3O3.